The molecule has 8 heteroatoms. The maximum Gasteiger partial charge on any atom is 0.412 e. The lowest BCUT2D eigenvalue weighted by Gasteiger charge is -2.21. The molecule has 1 N–H and O–H groups in total. The first-order valence-corrected chi connectivity index (χ1v) is 7.28. The summed E-state index contributed by atoms with van der Waals surface area (Å²) in [4.78, 5) is 15.8. The summed E-state index contributed by atoms with van der Waals surface area (Å²) < 4.78 is 41.7. The van der Waals surface area contributed by atoms with E-state index in [2.05, 4.69) is 10.3 Å². The summed E-state index contributed by atoms with van der Waals surface area (Å²) in [5, 5.41) is 2.16. The molecular formula is C14H15F3N2O2S. The van der Waals surface area contributed by atoms with E-state index in [0.29, 0.717) is 17.5 Å². The molecule has 0 aliphatic carbocycles. The molecule has 1 heterocycles. The number of rotatable bonds is 3. The first-order valence-electron chi connectivity index (χ1n) is 6.47. The Morgan fingerprint density at radius 2 is 2.00 bits per heavy atom. The van der Waals surface area contributed by atoms with Crippen molar-refractivity contribution in [2.75, 3.05) is 7.11 Å². The molecule has 0 aromatic heterocycles. The van der Waals surface area contributed by atoms with Crippen molar-refractivity contribution < 1.29 is 22.7 Å². The van der Waals surface area contributed by atoms with Gasteiger partial charge in [-0.1, -0.05) is 30.0 Å². The molecule has 1 aromatic rings. The Labute approximate surface area is 130 Å². The molecule has 1 aromatic carbocycles. The minimum Gasteiger partial charge on any atom is -0.496 e. The molecule has 0 unspecified atom stereocenters. The van der Waals surface area contributed by atoms with Crippen LogP contribution in [0.25, 0.3) is 0 Å². The van der Waals surface area contributed by atoms with Crippen molar-refractivity contribution in [1.29, 1.82) is 0 Å². The molecule has 2 rings (SSSR count). The van der Waals surface area contributed by atoms with E-state index in [1.54, 1.807) is 31.2 Å². The smallest absolute Gasteiger partial charge is 0.412 e. The number of nitrogens with zero attached hydrogens (tertiary/aromatic N) is 1. The minimum atomic E-state index is -4.65. The Balaban J connectivity index is 2.26. The number of halogens is 3. The number of nitrogens with one attached hydrogen (secondary N) is 1. The lowest BCUT2D eigenvalue weighted by atomic mass is 10.1. The summed E-state index contributed by atoms with van der Waals surface area (Å²) >= 11 is 0.388. The quantitative estimate of drug-likeness (QED) is 0.924. The average Bonchev–Trinajstić information content (AvgIpc) is 2.74. The standard InChI is InChI=1S/C14H15F3N2O2S/c1-8(9-6-4-5-7-10(9)21-3)18-12-19-11(20)13(2,22-12)14(15,16)17/h4-8H,1-3H3,(H,18,19,20)/t8-,13-/m0/s1. The summed E-state index contributed by atoms with van der Waals surface area (Å²) in [5.41, 5.74) is 0.730. The number of benzene rings is 1. The van der Waals surface area contributed by atoms with Gasteiger partial charge in [-0.2, -0.15) is 13.2 Å². The van der Waals surface area contributed by atoms with Crippen molar-refractivity contribution in [2.24, 2.45) is 4.99 Å². The normalized spacial score (nSPS) is 25.2. The van der Waals surface area contributed by atoms with Gasteiger partial charge in [-0.25, -0.2) is 0 Å². The molecule has 120 valence electrons. The predicted molar refractivity (Wildman–Crippen MR) is 79.0 cm³/mol. The van der Waals surface area contributed by atoms with Gasteiger partial charge < -0.3 is 10.1 Å². The van der Waals surface area contributed by atoms with Gasteiger partial charge in [0.15, 0.2) is 9.91 Å². The Bertz CT molecular complexity index is 618. The second kappa shape index (κ2) is 5.83. The zero-order valence-corrected chi connectivity index (χ0v) is 13.0. The van der Waals surface area contributed by atoms with E-state index in [9.17, 15) is 18.0 Å². The highest BCUT2D eigenvalue weighted by Gasteiger charge is 2.61. The molecule has 22 heavy (non-hydrogen) atoms. The van der Waals surface area contributed by atoms with Crippen LogP contribution in [0, 0.1) is 0 Å². The van der Waals surface area contributed by atoms with Gasteiger partial charge in [-0.3, -0.25) is 9.79 Å². The number of thioether (sulfide) groups is 1. The molecule has 0 bridgehead atoms. The summed E-state index contributed by atoms with van der Waals surface area (Å²) in [5.74, 6) is -0.511. The molecule has 1 saturated heterocycles. The maximum atomic E-state index is 13.0. The van der Waals surface area contributed by atoms with Crippen LogP contribution < -0.4 is 10.1 Å². The van der Waals surface area contributed by atoms with E-state index < -0.39 is 22.9 Å². The topological polar surface area (TPSA) is 50.7 Å². The van der Waals surface area contributed by atoms with Gasteiger partial charge in [0, 0.05) is 5.56 Å². The molecule has 0 saturated carbocycles. The van der Waals surface area contributed by atoms with Crippen LogP contribution in [0.3, 0.4) is 0 Å². The van der Waals surface area contributed by atoms with Gasteiger partial charge in [0.05, 0.1) is 13.2 Å². The SMILES string of the molecule is COc1ccccc1[C@H](C)N=C1NC(=O)[C@@](C)(C(F)(F)F)S1. The molecule has 1 amide bonds. The van der Waals surface area contributed by atoms with Crippen molar-refractivity contribution in [3.05, 3.63) is 29.8 Å². The van der Waals surface area contributed by atoms with E-state index in [1.165, 1.54) is 7.11 Å². The van der Waals surface area contributed by atoms with E-state index in [0.717, 1.165) is 12.5 Å². The first-order chi connectivity index (χ1) is 10.2. The predicted octanol–water partition coefficient (Wildman–Crippen LogP) is 3.30. The Hall–Kier alpha value is -1.70. The third-order valence-corrected chi connectivity index (χ3v) is 4.62. The monoisotopic (exact) mass is 332 g/mol. The van der Waals surface area contributed by atoms with Crippen molar-refractivity contribution >= 4 is 22.8 Å². The van der Waals surface area contributed by atoms with Gasteiger partial charge >= 0.3 is 6.18 Å². The number of ether oxygens (including phenoxy) is 1. The highest BCUT2D eigenvalue weighted by molar-refractivity contribution is 8.16. The minimum absolute atomic E-state index is 0.0387. The lowest BCUT2D eigenvalue weighted by molar-refractivity contribution is -0.166. The number of amidine groups is 1. The molecule has 0 spiro atoms. The van der Waals surface area contributed by atoms with E-state index in [1.807, 2.05) is 0 Å². The van der Waals surface area contributed by atoms with Crippen molar-refractivity contribution in [3.8, 4) is 5.75 Å². The summed E-state index contributed by atoms with van der Waals surface area (Å²) in [6.07, 6.45) is -4.65. The number of alkyl halides is 3. The van der Waals surface area contributed by atoms with E-state index in [-0.39, 0.29) is 5.17 Å². The number of aliphatic imine (C=N–C) groups is 1. The lowest BCUT2D eigenvalue weighted by Crippen LogP contribution is -2.46. The van der Waals surface area contributed by atoms with Crippen molar-refractivity contribution in [2.45, 2.75) is 30.8 Å². The van der Waals surface area contributed by atoms with Crippen LogP contribution in [-0.2, 0) is 4.79 Å². The van der Waals surface area contributed by atoms with Gasteiger partial charge in [0.1, 0.15) is 5.75 Å². The number of carbonyl (C=O) groups excluding carboxylic acids is 1. The largest absolute Gasteiger partial charge is 0.496 e. The Morgan fingerprint density at radius 3 is 2.55 bits per heavy atom. The number of hydrogen-bond donors (Lipinski definition) is 1. The Morgan fingerprint density at radius 1 is 1.36 bits per heavy atom. The van der Waals surface area contributed by atoms with Gasteiger partial charge in [0.25, 0.3) is 5.91 Å². The van der Waals surface area contributed by atoms with Crippen LogP contribution in [0.2, 0.25) is 0 Å². The number of carbonyl (C=O) groups is 1. The highest BCUT2D eigenvalue weighted by atomic mass is 32.2. The molecule has 1 aliphatic heterocycles. The highest BCUT2D eigenvalue weighted by Crippen LogP contribution is 2.45. The van der Waals surface area contributed by atoms with Crippen LogP contribution in [-0.4, -0.2) is 29.1 Å². The van der Waals surface area contributed by atoms with Crippen LogP contribution in [0.1, 0.15) is 25.5 Å². The number of hydrogen-bond acceptors (Lipinski definition) is 4. The third-order valence-electron chi connectivity index (χ3n) is 3.40. The Kier molecular flexibility index (Phi) is 4.42. The zero-order valence-electron chi connectivity index (χ0n) is 12.2. The van der Waals surface area contributed by atoms with Crippen molar-refractivity contribution in [3.63, 3.8) is 0 Å². The van der Waals surface area contributed by atoms with Gasteiger partial charge in [-0.15, -0.1) is 0 Å². The molecule has 1 fully saturated rings. The maximum absolute atomic E-state index is 13.0. The van der Waals surface area contributed by atoms with E-state index >= 15 is 0 Å². The number of para-hydroxylation sites is 1. The summed E-state index contributed by atoms with van der Waals surface area (Å²) in [6, 6.07) is 6.64. The first kappa shape index (κ1) is 16.7. The fourth-order valence-electron chi connectivity index (χ4n) is 1.98. The average molecular weight is 332 g/mol. The van der Waals surface area contributed by atoms with Crippen LogP contribution in [0.15, 0.2) is 29.3 Å². The van der Waals surface area contributed by atoms with Gasteiger partial charge in [-0.05, 0) is 19.9 Å². The molecular weight excluding hydrogens is 317 g/mol. The molecule has 0 radical (unpaired) electrons. The number of methoxy groups -OCH3 is 1. The third kappa shape index (κ3) is 2.92. The van der Waals surface area contributed by atoms with Gasteiger partial charge in [0.2, 0.25) is 0 Å². The number of amides is 1. The van der Waals surface area contributed by atoms with E-state index in [4.69, 9.17) is 4.74 Å². The second-order valence-corrected chi connectivity index (χ2v) is 6.35. The fourth-order valence-corrected chi connectivity index (χ4v) is 2.98. The van der Waals surface area contributed by atoms with Crippen LogP contribution >= 0.6 is 11.8 Å². The molecule has 4 nitrogen and oxygen atoms in total. The van der Waals surface area contributed by atoms with Crippen LogP contribution in [0.5, 0.6) is 5.75 Å². The molecule has 2 atom stereocenters. The second-order valence-electron chi connectivity index (χ2n) is 4.94. The fraction of sp³-hybridized carbons (Fsp3) is 0.429. The van der Waals surface area contributed by atoms with Crippen LogP contribution in [0.4, 0.5) is 13.2 Å². The summed E-state index contributed by atoms with van der Waals surface area (Å²) in [6.45, 7) is 2.57. The zero-order chi connectivity index (χ0) is 16.5. The molecule has 1 aliphatic rings. The summed E-state index contributed by atoms with van der Waals surface area (Å²) in [7, 11) is 1.51. The van der Waals surface area contributed by atoms with Crippen molar-refractivity contribution in [1.82, 2.24) is 5.32 Å².